The zero-order valence-corrected chi connectivity index (χ0v) is 10.7. The molecule has 1 N–H and O–H groups in total. The number of hydrogen-bond acceptors (Lipinski definition) is 4. The Balaban J connectivity index is 2.09. The lowest BCUT2D eigenvalue weighted by molar-refractivity contribution is 0.0243. The van der Waals surface area contributed by atoms with Gasteiger partial charge in [-0.15, -0.1) is 0 Å². The monoisotopic (exact) mass is 252 g/mol. The molecule has 1 aliphatic heterocycles. The van der Waals surface area contributed by atoms with Gasteiger partial charge in [0.1, 0.15) is 6.10 Å². The third-order valence-electron chi connectivity index (χ3n) is 2.95. The topological polar surface area (TPSA) is 47.9 Å². The summed E-state index contributed by atoms with van der Waals surface area (Å²) in [5, 5.41) is 9.13. The van der Waals surface area contributed by atoms with Gasteiger partial charge in [0.25, 0.3) is 0 Å². The maximum Gasteiger partial charge on any atom is 0.161 e. The first-order chi connectivity index (χ1) is 8.83. The van der Waals surface area contributed by atoms with Crippen LogP contribution in [0.2, 0.25) is 0 Å². The number of aliphatic hydroxyl groups excluding tert-OH is 1. The molecule has 0 aromatic heterocycles. The summed E-state index contributed by atoms with van der Waals surface area (Å²) in [6.45, 7) is 4.03. The van der Waals surface area contributed by atoms with E-state index in [0.29, 0.717) is 12.4 Å². The molecule has 0 aliphatic carbocycles. The second-order valence-electron chi connectivity index (χ2n) is 4.30. The summed E-state index contributed by atoms with van der Waals surface area (Å²) in [6, 6.07) is 5.56. The Kier molecular flexibility index (Phi) is 4.84. The SMILES string of the molecule is CCOc1cc(CO)ccc1OC1CCOCC1. The average Bonchev–Trinajstić information content (AvgIpc) is 2.42. The third-order valence-corrected chi connectivity index (χ3v) is 2.95. The van der Waals surface area contributed by atoms with Crippen molar-refractivity contribution in [2.45, 2.75) is 32.5 Å². The summed E-state index contributed by atoms with van der Waals surface area (Å²) >= 11 is 0. The van der Waals surface area contributed by atoms with E-state index in [2.05, 4.69) is 0 Å². The van der Waals surface area contributed by atoms with Crippen LogP contribution in [-0.2, 0) is 11.3 Å². The predicted octanol–water partition coefficient (Wildman–Crippen LogP) is 2.14. The lowest BCUT2D eigenvalue weighted by atomic mass is 10.1. The molecule has 4 heteroatoms. The van der Waals surface area contributed by atoms with Crippen LogP contribution < -0.4 is 9.47 Å². The number of benzene rings is 1. The van der Waals surface area contributed by atoms with Crippen LogP contribution in [0.15, 0.2) is 18.2 Å². The summed E-state index contributed by atoms with van der Waals surface area (Å²) in [5.74, 6) is 1.46. The van der Waals surface area contributed by atoms with E-state index in [1.807, 2.05) is 25.1 Å². The Bertz CT molecular complexity index is 372. The zero-order valence-electron chi connectivity index (χ0n) is 10.7. The van der Waals surface area contributed by atoms with Crippen LogP contribution >= 0.6 is 0 Å². The van der Waals surface area contributed by atoms with Gasteiger partial charge in [0.2, 0.25) is 0 Å². The van der Waals surface area contributed by atoms with E-state index < -0.39 is 0 Å². The van der Waals surface area contributed by atoms with E-state index in [1.165, 1.54) is 0 Å². The molecule has 0 atom stereocenters. The molecule has 1 aromatic rings. The van der Waals surface area contributed by atoms with Gasteiger partial charge in [-0.3, -0.25) is 0 Å². The third kappa shape index (κ3) is 3.37. The molecule has 1 fully saturated rings. The number of hydrogen-bond donors (Lipinski definition) is 1. The molecule has 1 saturated heterocycles. The van der Waals surface area contributed by atoms with Crippen LogP contribution in [0.5, 0.6) is 11.5 Å². The van der Waals surface area contributed by atoms with Gasteiger partial charge >= 0.3 is 0 Å². The Labute approximate surface area is 107 Å². The summed E-state index contributed by atoms with van der Waals surface area (Å²) in [4.78, 5) is 0. The number of aliphatic hydroxyl groups is 1. The molecule has 2 rings (SSSR count). The quantitative estimate of drug-likeness (QED) is 0.872. The van der Waals surface area contributed by atoms with E-state index in [4.69, 9.17) is 19.3 Å². The van der Waals surface area contributed by atoms with Gasteiger partial charge in [-0.1, -0.05) is 6.07 Å². The molecule has 0 radical (unpaired) electrons. The van der Waals surface area contributed by atoms with Crippen LogP contribution in [0.3, 0.4) is 0 Å². The summed E-state index contributed by atoms with van der Waals surface area (Å²) in [6.07, 6.45) is 2.01. The van der Waals surface area contributed by atoms with Crippen LogP contribution in [0.1, 0.15) is 25.3 Å². The van der Waals surface area contributed by atoms with E-state index in [1.54, 1.807) is 0 Å². The average molecular weight is 252 g/mol. The fraction of sp³-hybridized carbons (Fsp3) is 0.571. The summed E-state index contributed by atoms with van der Waals surface area (Å²) in [5.41, 5.74) is 0.831. The van der Waals surface area contributed by atoms with Gasteiger partial charge in [0.05, 0.1) is 26.4 Å². The Morgan fingerprint density at radius 3 is 2.72 bits per heavy atom. The van der Waals surface area contributed by atoms with Crippen molar-refractivity contribution in [2.24, 2.45) is 0 Å². The van der Waals surface area contributed by atoms with Crippen molar-refractivity contribution in [3.8, 4) is 11.5 Å². The van der Waals surface area contributed by atoms with Gasteiger partial charge in [-0.25, -0.2) is 0 Å². The van der Waals surface area contributed by atoms with E-state index in [-0.39, 0.29) is 12.7 Å². The lowest BCUT2D eigenvalue weighted by Crippen LogP contribution is -2.26. The molecule has 18 heavy (non-hydrogen) atoms. The van der Waals surface area contributed by atoms with Crippen LogP contribution in [0, 0.1) is 0 Å². The minimum absolute atomic E-state index is 0.0115. The number of ether oxygens (including phenoxy) is 3. The van der Waals surface area contributed by atoms with E-state index in [0.717, 1.165) is 37.4 Å². The predicted molar refractivity (Wildman–Crippen MR) is 68.0 cm³/mol. The second kappa shape index (κ2) is 6.61. The molecule has 1 aliphatic rings. The first-order valence-corrected chi connectivity index (χ1v) is 6.44. The minimum Gasteiger partial charge on any atom is -0.490 e. The van der Waals surface area contributed by atoms with Crippen LogP contribution in [0.25, 0.3) is 0 Å². The van der Waals surface area contributed by atoms with E-state index >= 15 is 0 Å². The van der Waals surface area contributed by atoms with Crippen molar-refractivity contribution in [3.05, 3.63) is 23.8 Å². The second-order valence-corrected chi connectivity index (χ2v) is 4.30. The van der Waals surface area contributed by atoms with Crippen molar-refractivity contribution in [1.29, 1.82) is 0 Å². The fourth-order valence-electron chi connectivity index (χ4n) is 1.99. The van der Waals surface area contributed by atoms with Gasteiger partial charge in [0, 0.05) is 12.8 Å². The van der Waals surface area contributed by atoms with Crippen molar-refractivity contribution >= 4 is 0 Å². The van der Waals surface area contributed by atoms with Crippen molar-refractivity contribution in [1.82, 2.24) is 0 Å². The zero-order chi connectivity index (χ0) is 12.8. The molecule has 0 bridgehead atoms. The molecule has 0 unspecified atom stereocenters. The first kappa shape index (κ1) is 13.2. The smallest absolute Gasteiger partial charge is 0.161 e. The normalized spacial score (nSPS) is 16.6. The van der Waals surface area contributed by atoms with E-state index in [9.17, 15) is 0 Å². The summed E-state index contributed by atoms with van der Waals surface area (Å²) in [7, 11) is 0. The summed E-state index contributed by atoms with van der Waals surface area (Å²) < 4.78 is 16.8. The van der Waals surface area contributed by atoms with Crippen molar-refractivity contribution in [2.75, 3.05) is 19.8 Å². The first-order valence-electron chi connectivity index (χ1n) is 6.44. The highest BCUT2D eigenvalue weighted by Crippen LogP contribution is 2.30. The van der Waals surface area contributed by atoms with Crippen LogP contribution in [-0.4, -0.2) is 31.0 Å². The lowest BCUT2D eigenvalue weighted by Gasteiger charge is -2.24. The van der Waals surface area contributed by atoms with Crippen LogP contribution in [0.4, 0.5) is 0 Å². The van der Waals surface area contributed by atoms with Crippen molar-refractivity contribution in [3.63, 3.8) is 0 Å². The molecular weight excluding hydrogens is 232 g/mol. The van der Waals surface area contributed by atoms with Gasteiger partial charge in [-0.2, -0.15) is 0 Å². The molecule has 4 nitrogen and oxygen atoms in total. The maximum atomic E-state index is 9.13. The highest BCUT2D eigenvalue weighted by Gasteiger charge is 2.17. The molecular formula is C14H20O4. The van der Waals surface area contributed by atoms with Gasteiger partial charge < -0.3 is 19.3 Å². The standard InChI is InChI=1S/C14H20O4/c1-2-17-14-9-11(10-15)3-4-13(14)18-12-5-7-16-8-6-12/h3-4,9,12,15H,2,5-8,10H2,1H3. The van der Waals surface area contributed by atoms with Gasteiger partial charge in [-0.05, 0) is 24.6 Å². The van der Waals surface area contributed by atoms with Crippen molar-refractivity contribution < 1.29 is 19.3 Å². The number of rotatable bonds is 5. The largest absolute Gasteiger partial charge is 0.490 e. The minimum atomic E-state index is 0.0115. The highest BCUT2D eigenvalue weighted by atomic mass is 16.5. The molecule has 0 spiro atoms. The maximum absolute atomic E-state index is 9.13. The Morgan fingerprint density at radius 2 is 2.06 bits per heavy atom. The van der Waals surface area contributed by atoms with Gasteiger partial charge in [0.15, 0.2) is 11.5 Å². The molecule has 1 aromatic carbocycles. The Morgan fingerprint density at radius 1 is 1.28 bits per heavy atom. The molecule has 1 heterocycles. The molecule has 0 saturated carbocycles. The Hall–Kier alpha value is -1.26. The molecule has 100 valence electrons. The fourth-order valence-corrected chi connectivity index (χ4v) is 1.99. The highest BCUT2D eigenvalue weighted by molar-refractivity contribution is 5.43. The molecule has 0 amide bonds.